The summed E-state index contributed by atoms with van der Waals surface area (Å²) in [6.45, 7) is 7.54. The Hall–Kier alpha value is -0.0300. The standard InChI is InChI=1S/C11H18INO/c1-4-8(2)9(3)13-7-10-5-6-11(12)14-10/h5-6,8-9,13H,4,7H2,1-3H3. The average molecular weight is 307 g/mol. The Morgan fingerprint density at radius 2 is 2.14 bits per heavy atom. The van der Waals surface area contributed by atoms with Gasteiger partial charge in [0, 0.05) is 6.04 Å². The van der Waals surface area contributed by atoms with Crippen LogP contribution in [0.3, 0.4) is 0 Å². The van der Waals surface area contributed by atoms with Crippen molar-refractivity contribution in [3.8, 4) is 0 Å². The average Bonchev–Trinajstić information content (AvgIpc) is 2.59. The maximum atomic E-state index is 5.47. The lowest BCUT2D eigenvalue weighted by Crippen LogP contribution is -2.31. The van der Waals surface area contributed by atoms with Gasteiger partial charge in [-0.3, -0.25) is 0 Å². The van der Waals surface area contributed by atoms with Gasteiger partial charge in [0.1, 0.15) is 5.76 Å². The molecule has 0 aliphatic heterocycles. The molecule has 0 aliphatic rings. The van der Waals surface area contributed by atoms with Crippen molar-refractivity contribution in [3.63, 3.8) is 0 Å². The summed E-state index contributed by atoms with van der Waals surface area (Å²) in [6, 6.07) is 4.56. The van der Waals surface area contributed by atoms with Gasteiger partial charge in [-0.05, 0) is 47.6 Å². The summed E-state index contributed by atoms with van der Waals surface area (Å²) in [5, 5.41) is 3.47. The van der Waals surface area contributed by atoms with E-state index in [2.05, 4.69) is 48.7 Å². The van der Waals surface area contributed by atoms with E-state index in [0.29, 0.717) is 12.0 Å². The molecule has 2 atom stereocenters. The van der Waals surface area contributed by atoms with Gasteiger partial charge < -0.3 is 9.73 Å². The van der Waals surface area contributed by atoms with E-state index in [1.165, 1.54) is 6.42 Å². The monoisotopic (exact) mass is 307 g/mol. The van der Waals surface area contributed by atoms with Gasteiger partial charge >= 0.3 is 0 Å². The van der Waals surface area contributed by atoms with Gasteiger partial charge in [-0.25, -0.2) is 0 Å². The van der Waals surface area contributed by atoms with E-state index >= 15 is 0 Å². The van der Waals surface area contributed by atoms with Crippen LogP contribution in [0.4, 0.5) is 0 Å². The molecule has 0 radical (unpaired) electrons. The molecular weight excluding hydrogens is 289 g/mol. The maximum absolute atomic E-state index is 5.47. The summed E-state index contributed by atoms with van der Waals surface area (Å²) in [5.74, 6) is 1.73. The molecular formula is C11H18INO. The van der Waals surface area contributed by atoms with Crippen LogP contribution in [-0.4, -0.2) is 6.04 Å². The molecule has 2 nitrogen and oxygen atoms in total. The third kappa shape index (κ3) is 3.61. The summed E-state index contributed by atoms with van der Waals surface area (Å²) in [7, 11) is 0. The molecule has 0 saturated carbocycles. The highest BCUT2D eigenvalue weighted by Crippen LogP contribution is 2.11. The summed E-state index contributed by atoms with van der Waals surface area (Å²) in [6.07, 6.45) is 1.21. The second kappa shape index (κ2) is 5.75. The summed E-state index contributed by atoms with van der Waals surface area (Å²) in [5.41, 5.74) is 0. The molecule has 0 aromatic carbocycles. The van der Waals surface area contributed by atoms with Crippen molar-refractivity contribution in [3.05, 3.63) is 21.7 Å². The molecule has 1 rings (SSSR count). The van der Waals surface area contributed by atoms with E-state index in [9.17, 15) is 0 Å². The Labute approximate surface area is 99.6 Å². The van der Waals surface area contributed by atoms with Crippen molar-refractivity contribution in [1.29, 1.82) is 0 Å². The smallest absolute Gasteiger partial charge is 0.164 e. The van der Waals surface area contributed by atoms with Gasteiger partial charge in [0.2, 0.25) is 0 Å². The van der Waals surface area contributed by atoms with Crippen LogP contribution in [-0.2, 0) is 6.54 Å². The minimum absolute atomic E-state index is 0.544. The Balaban J connectivity index is 2.33. The highest BCUT2D eigenvalue weighted by atomic mass is 127. The number of furan rings is 1. The molecule has 0 saturated heterocycles. The zero-order valence-corrected chi connectivity index (χ0v) is 11.2. The third-order valence-electron chi connectivity index (χ3n) is 2.72. The highest BCUT2D eigenvalue weighted by molar-refractivity contribution is 14.1. The second-order valence-electron chi connectivity index (χ2n) is 3.76. The van der Waals surface area contributed by atoms with Gasteiger partial charge in [0.15, 0.2) is 3.77 Å². The minimum atomic E-state index is 0.544. The van der Waals surface area contributed by atoms with Crippen LogP contribution in [0.2, 0.25) is 0 Å². The largest absolute Gasteiger partial charge is 0.454 e. The van der Waals surface area contributed by atoms with E-state index in [-0.39, 0.29) is 0 Å². The normalized spacial score (nSPS) is 15.4. The van der Waals surface area contributed by atoms with Crippen LogP contribution < -0.4 is 5.32 Å². The first kappa shape index (κ1) is 12.0. The van der Waals surface area contributed by atoms with Crippen LogP contribution in [0.15, 0.2) is 16.5 Å². The molecule has 0 spiro atoms. The van der Waals surface area contributed by atoms with Crippen LogP contribution in [0.1, 0.15) is 33.0 Å². The van der Waals surface area contributed by atoms with Gasteiger partial charge in [0.05, 0.1) is 6.54 Å². The molecule has 1 heterocycles. The van der Waals surface area contributed by atoms with Gasteiger partial charge in [-0.2, -0.15) is 0 Å². The fourth-order valence-electron chi connectivity index (χ4n) is 1.26. The van der Waals surface area contributed by atoms with Gasteiger partial charge in [-0.1, -0.05) is 20.3 Å². The topological polar surface area (TPSA) is 25.2 Å². The zero-order valence-electron chi connectivity index (χ0n) is 9.01. The van der Waals surface area contributed by atoms with Crippen LogP contribution in [0.25, 0.3) is 0 Å². The Morgan fingerprint density at radius 1 is 1.43 bits per heavy atom. The predicted octanol–water partition coefficient (Wildman–Crippen LogP) is 3.41. The summed E-state index contributed by atoms with van der Waals surface area (Å²) < 4.78 is 6.43. The highest BCUT2D eigenvalue weighted by Gasteiger charge is 2.09. The first-order chi connectivity index (χ1) is 6.63. The SMILES string of the molecule is CCC(C)C(C)NCc1ccc(I)o1. The lowest BCUT2D eigenvalue weighted by atomic mass is 10.0. The first-order valence-corrected chi connectivity index (χ1v) is 6.19. The Morgan fingerprint density at radius 3 is 2.64 bits per heavy atom. The van der Waals surface area contributed by atoms with Crippen molar-refractivity contribution in [1.82, 2.24) is 5.32 Å². The van der Waals surface area contributed by atoms with Crippen molar-refractivity contribution < 1.29 is 4.42 Å². The van der Waals surface area contributed by atoms with Crippen molar-refractivity contribution in [2.24, 2.45) is 5.92 Å². The fraction of sp³-hybridized carbons (Fsp3) is 0.636. The van der Waals surface area contributed by atoms with Crippen LogP contribution >= 0.6 is 22.6 Å². The van der Waals surface area contributed by atoms with E-state index in [1.807, 2.05) is 12.1 Å². The fourth-order valence-corrected chi connectivity index (χ4v) is 1.73. The molecule has 0 fully saturated rings. The molecule has 1 N–H and O–H groups in total. The lowest BCUT2D eigenvalue weighted by molar-refractivity contribution is 0.367. The molecule has 14 heavy (non-hydrogen) atoms. The van der Waals surface area contributed by atoms with E-state index in [1.54, 1.807) is 0 Å². The van der Waals surface area contributed by atoms with Crippen LogP contribution in [0.5, 0.6) is 0 Å². The molecule has 3 heteroatoms. The number of hydrogen-bond donors (Lipinski definition) is 1. The quantitative estimate of drug-likeness (QED) is 0.843. The van der Waals surface area contributed by atoms with Crippen LogP contribution in [0, 0.1) is 9.68 Å². The minimum Gasteiger partial charge on any atom is -0.454 e. The zero-order chi connectivity index (χ0) is 10.6. The number of rotatable bonds is 5. The second-order valence-corrected chi connectivity index (χ2v) is 4.82. The Bertz CT molecular complexity index is 272. The Kier molecular flexibility index (Phi) is 4.95. The van der Waals surface area contributed by atoms with Crippen molar-refractivity contribution in [2.45, 2.75) is 39.8 Å². The molecule has 2 unspecified atom stereocenters. The molecule has 0 bridgehead atoms. The van der Waals surface area contributed by atoms with Crippen molar-refractivity contribution in [2.75, 3.05) is 0 Å². The number of halogens is 1. The number of nitrogens with one attached hydrogen (secondary N) is 1. The molecule has 80 valence electrons. The summed E-state index contributed by atoms with van der Waals surface area (Å²) in [4.78, 5) is 0. The number of hydrogen-bond acceptors (Lipinski definition) is 2. The summed E-state index contributed by atoms with van der Waals surface area (Å²) >= 11 is 2.18. The van der Waals surface area contributed by atoms with E-state index < -0.39 is 0 Å². The molecule has 1 aromatic heterocycles. The third-order valence-corrected chi connectivity index (χ3v) is 3.30. The van der Waals surface area contributed by atoms with Gasteiger partial charge in [-0.15, -0.1) is 0 Å². The first-order valence-electron chi connectivity index (χ1n) is 5.11. The van der Waals surface area contributed by atoms with Gasteiger partial charge in [0.25, 0.3) is 0 Å². The maximum Gasteiger partial charge on any atom is 0.164 e. The predicted molar refractivity (Wildman–Crippen MR) is 67.2 cm³/mol. The van der Waals surface area contributed by atoms with E-state index in [4.69, 9.17) is 4.42 Å². The van der Waals surface area contributed by atoms with Crippen molar-refractivity contribution >= 4 is 22.6 Å². The lowest BCUT2D eigenvalue weighted by Gasteiger charge is -2.19. The van der Waals surface area contributed by atoms with E-state index in [0.717, 1.165) is 16.1 Å². The molecule has 1 aromatic rings. The molecule has 0 aliphatic carbocycles. The molecule has 0 amide bonds.